The Morgan fingerprint density at radius 2 is 1.97 bits per heavy atom. The number of imidazole rings is 1. The molecule has 0 saturated heterocycles. The zero-order valence-electron chi connectivity index (χ0n) is 17.8. The number of halogens is 3. The van der Waals surface area contributed by atoms with Crippen LogP contribution in [0.5, 0.6) is 5.75 Å². The first-order valence-corrected chi connectivity index (χ1v) is 10.6. The quantitative estimate of drug-likeness (QED) is 0.429. The van der Waals surface area contributed by atoms with Gasteiger partial charge in [0.25, 0.3) is 0 Å². The molecule has 1 atom stereocenters. The van der Waals surface area contributed by atoms with E-state index in [2.05, 4.69) is 4.98 Å². The van der Waals surface area contributed by atoms with Crippen molar-refractivity contribution in [1.82, 2.24) is 9.38 Å². The molecule has 0 aliphatic rings. The molecule has 31 heavy (non-hydrogen) atoms. The zero-order chi connectivity index (χ0) is 22.8. The number of ether oxygens (including phenoxy) is 1. The number of carbonyl (C=O) groups is 1. The van der Waals surface area contributed by atoms with E-state index in [1.54, 1.807) is 16.7 Å². The van der Waals surface area contributed by atoms with E-state index in [1.807, 2.05) is 20.8 Å². The molecular formula is C23H26ClF2N3O2. The number of aromatic nitrogens is 2. The van der Waals surface area contributed by atoms with Crippen LogP contribution in [0.15, 0.2) is 30.5 Å². The predicted molar refractivity (Wildman–Crippen MR) is 117 cm³/mol. The highest BCUT2D eigenvalue weighted by molar-refractivity contribution is 6.33. The fourth-order valence-electron chi connectivity index (χ4n) is 3.61. The standard InChI is InChI=1S/C23H26ClF2N3O2/c1-4-9-23(3,27)10-8-18(30)20-21(24)28-22-19(11-14(2)12-29(20)22)31-13-15-16(25)6-5-7-17(15)26/h5-7,11-12H,4,8-10,13,27H2,1-3H3. The Morgan fingerprint density at radius 3 is 2.61 bits per heavy atom. The molecule has 3 aromatic rings. The van der Waals surface area contributed by atoms with Gasteiger partial charge >= 0.3 is 0 Å². The van der Waals surface area contributed by atoms with Crippen LogP contribution in [0.25, 0.3) is 5.65 Å². The van der Waals surface area contributed by atoms with E-state index >= 15 is 0 Å². The molecule has 8 heteroatoms. The second kappa shape index (κ2) is 9.32. The first kappa shape index (κ1) is 23.2. The molecule has 2 heterocycles. The number of aryl methyl sites for hydroxylation is 1. The van der Waals surface area contributed by atoms with Crippen LogP contribution in [0.4, 0.5) is 8.78 Å². The number of carbonyl (C=O) groups excluding carboxylic acids is 1. The number of hydrogen-bond donors (Lipinski definition) is 1. The Labute approximate surface area is 185 Å². The summed E-state index contributed by atoms with van der Waals surface area (Å²) in [6.07, 6.45) is 4.21. The van der Waals surface area contributed by atoms with Gasteiger partial charge in [0, 0.05) is 18.2 Å². The van der Waals surface area contributed by atoms with Gasteiger partial charge in [0.15, 0.2) is 22.3 Å². The van der Waals surface area contributed by atoms with Crippen LogP contribution in [0.3, 0.4) is 0 Å². The van der Waals surface area contributed by atoms with E-state index in [9.17, 15) is 13.6 Å². The summed E-state index contributed by atoms with van der Waals surface area (Å²) in [5, 5.41) is 0.0479. The molecule has 1 unspecified atom stereocenters. The van der Waals surface area contributed by atoms with Gasteiger partial charge in [-0.05, 0) is 50.5 Å². The summed E-state index contributed by atoms with van der Waals surface area (Å²) in [5.74, 6) is -1.30. The molecule has 166 valence electrons. The SMILES string of the molecule is CCCC(C)(N)CCC(=O)c1c(Cl)nc2c(OCc3c(F)cccc3F)cc(C)cn12. The number of Topliss-reactive ketones (excluding diaryl/α,β-unsaturated/α-hetero) is 1. The van der Waals surface area contributed by atoms with Crippen molar-refractivity contribution in [1.29, 1.82) is 0 Å². The van der Waals surface area contributed by atoms with Gasteiger partial charge in [0.1, 0.15) is 23.9 Å². The van der Waals surface area contributed by atoms with Crippen molar-refractivity contribution in [3.63, 3.8) is 0 Å². The number of benzene rings is 1. The molecule has 0 bridgehead atoms. The van der Waals surface area contributed by atoms with Gasteiger partial charge in [0.05, 0.1) is 5.56 Å². The average Bonchev–Trinajstić information content (AvgIpc) is 3.01. The third-order valence-corrected chi connectivity index (χ3v) is 5.49. The second-order valence-electron chi connectivity index (χ2n) is 8.14. The van der Waals surface area contributed by atoms with Gasteiger partial charge in [-0.3, -0.25) is 9.20 Å². The minimum atomic E-state index is -0.696. The van der Waals surface area contributed by atoms with E-state index < -0.39 is 17.2 Å². The smallest absolute Gasteiger partial charge is 0.182 e. The van der Waals surface area contributed by atoms with Gasteiger partial charge in [-0.1, -0.05) is 31.0 Å². The molecule has 0 amide bonds. The molecule has 2 N–H and O–H groups in total. The Hall–Kier alpha value is -2.51. The topological polar surface area (TPSA) is 69.6 Å². The van der Waals surface area contributed by atoms with E-state index in [-0.39, 0.29) is 41.0 Å². The highest BCUT2D eigenvalue weighted by atomic mass is 35.5. The van der Waals surface area contributed by atoms with Crippen molar-refractivity contribution in [2.75, 3.05) is 0 Å². The summed E-state index contributed by atoms with van der Waals surface area (Å²) in [5.41, 5.74) is 6.96. The van der Waals surface area contributed by atoms with Crippen molar-refractivity contribution >= 4 is 23.0 Å². The fourth-order valence-corrected chi connectivity index (χ4v) is 3.88. The fraction of sp³-hybridized carbons (Fsp3) is 0.391. The van der Waals surface area contributed by atoms with Crippen molar-refractivity contribution < 1.29 is 18.3 Å². The third kappa shape index (κ3) is 5.22. The Kier molecular flexibility index (Phi) is 6.96. The van der Waals surface area contributed by atoms with Crippen LogP contribution in [0.1, 0.15) is 61.1 Å². The van der Waals surface area contributed by atoms with E-state index in [1.165, 1.54) is 18.2 Å². The van der Waals surface area contributed by atoms with Crippen molar-refractivity contribution in [3.05, 3.63) is 64.1 Å². The van der Waals surface area contributed by atoms with Gasteiger partial charge in [-0.15, -0.1) is 0 Å². The van der Waals surface area contributed by atoms with Crippen molar-refractivity contribution in [2.45, 2.75) is 58.6 Å². The lowest BCUT2D eigenvalue weighted by Gasteiger charge is -2.23. The summed E-state index contributed by atoms with van der Waals surface area (Å²) < 4.78 is 35.1. The monoisotopic (exact) mass is 449 g/mol. The summed E-state index contributed by atoms with van der Waals surface area (Å²) >= 11 is 6.31. The molecule has 2 aromatic heterocycles. The van der Waals surface area contributed by atoms with Gasteiger partial charge in [0.2, 0.25) is 0 Å². The molecule has 0 saturated carbocycles. The molecule has 0 radical (unpaired) electrons. The van der Waals surface area contributed by atoms with Gasteiger partial charge in [-0.2, -0.15) is 0 Å². The highest BCUT2D eigenvalue weighted by Gasteiger charge is 2.24. The lowest BCUT2D eigenvalue weighted by Crippen LogP contribution is -2.36. The summed E-state index contributed by atoms with van der Waals surface area (Å²) in [4.78, 5) is 17.2. The first-order chi connectivity index (χ1) is 14.6. The number of fused-ring (bicyclic) bond motifs is 1. The molecule has 3 rings (SSSR count). The molecule has 0 fully saturated rings. The van der Waals surface area contributed by atoms with Crippen LogP contribution < -0.4 is 10.5 Å². The maximum absolute atomic E-state index is 13.9. The van der Waals surface area contributed by atoms with Gasteiger partial charge in [-0.25, -0.2) is 13.8 Å². The largest absolute Gasteiger partial charge is 0.485 e. The van der Waals surface area contributed by atoms with Crippen LogP contribution in [-0.2, 0) is 6.61 Å². The molecule has 5 nitrogen and oxygen atoms in total. The average molecular weight is 450 g/mol. The van der Waals surface area contributed by atoms with Crippen LogP contribution in [-0.4, -0.2) is 20.7 Å². The maximum Gasteiger partial charge on any atom is 0.182 e. The van der Waals surface area contributed by atoms with Crippen LogP contribution in [0, 0.1) is 18.6 Å². The van der Waals surface area contributed by atoms with Crippen molar-refractivity contribution in [3.8, 4) is 5.75 Å². The summed E-state index contributed by atoms with van der Waals surface area (Å²) in [6, 6.07) is 5.31. The van der Waals surface area contributed by atoms with Gasteiger partial charge < -0.3 is 10.5 Å². The Morgan fingerprint density at radius 1 is 1.29 bits per heavy atom. The molecule has 0 spiro atoms. The number of rotatable bonds is 9. The number of nitrogens with two attached hydrogens (primary N) is 1. The van der Waals surface area contributed by atoms with E-state index in [0.29, 0.717) is 12.1 Å². The highest BCUT2D eigenvalue weighted by Crippen LogP contribution is 2.29. The molecule has 1 aromatic carbocycles. The van der Waals surface area contributed by atoms with E-state index in [0.717, 1.165) is 18.4 Å². The number of hydrogen-bond acceptors (Lipinski definition) is 4. The Bertz CT molecular complexity index is 1090. The normalized spacial score (nSPS) is 13.4. The lowest BCUT2D eigenvalue weighted by molar-refractivity contribution is 0.0964. The second-order valence-corrected chi connectivity index (χ2v) is 8.50. The molecule has 0 aliphatic heterocycles. The van der Waals surface area contributed by atoms with Crippen LogP contribution >= 0.6 is 11.6 Å². The first-order valence-electron chi connectivity index (χ1n) is 10.2. The predicted octanol–water partition coefficient (Wildman–Crippen LogP) is 5.63. The summed E-state index contributed by atoms with van der Waals surface area (Å²) in [6.45, 7) is 5.47. The minimum absolute atomic E-state index is 0.0479. The van der Waals surface area contributed by atoms with Crippen molar-refractivity contribution in [2.24, 2.45) is 5.73 Å². The Balaban J connectivity index is 1.90. The molecule has 0 aliphatic carbocycles. The maximum atomic E-state index is 13.9. The third-order valence-electron chi connectivity index (χ3n) is 5.22. The molecular weight excluding hydrogens is 424 g/mol. The number of nitrogens with zero attached hydrogens (tertiary/aromatic N) is 2. The lowest BCUT2D eigenvalue weighted by atomic mass is 9.90. The summed E-state index contributed by atoms with van der Waals surface area (Å²) in [7, 11) is 0. The zero-order valence-corrected chi connectivity index (χ0v) is 18.6. The van der Waals surface area contributed by atoms with Crippen LogP contribution in [0.2, 0.25) is 5.15 Å². The van der Waals surface area contributed by atoms with E-state index in [4.69, 9.17) is 22.1 Å². The number of ketones is 1. The minimum Gasteiger partial charge on any atom is -0.485 e. The number of pyridine rings is 1.